The number of amides is 1. The van der Waals surface area contributed by atoms with Crippen molar-refractivity contribution in [3.8, 4) is 0 Å². The van der Waals surface area contributed by atoms with Crippen LogP contribution >= 0.6 is 0 Å². The van der Waals surface area contributed by atoms with Gasteiger partial charge in [-0.2, -0.15) is 0 Å². The van der Waals surface area contributed by atoms with Crippen LogP contribution in [-0.4, -0.2) is 54.0 Å². The van der Waals surface area contributed by atoms with Crippen LogP contribution in [0.1, 0.15) is 19.8 Å². The number of carbonyl (C=O) groups excluding carboxylic acids is 1. The van der Waals surface area contributed by atoms with Gasteiger partial charge in [0, 0.05) is 25.7 Å². The quantitative estimate of drug-likeness (QED) is 0.657. The lowest BCUT2D eigenvalue weighted by atomic mass is 10.2. The first-order valence-electron chi connectivity index (χ1n) is 5.50. The van der Waals surface area contributed by atoms with Gasteiger partial charge in [0.1, 0.15) is 0 Å². The fourth-order valence-electron chi connectivity index (χ4n) is 2.44. The van der Waals surface area contributed by atoms with Crippen LogP contribution in [0.4, 0.5) is 0 Å². The van der Waals surface area contributed by atoms with Crippen molar-refractivity contribution in [2.75, 3.05) is 26.2 Å². The van der Waals surface area contributed by atoms with Gasteiger partial charge in [-0.25, -0.2) is 0 Å². The summed E-state index contributed by atoms with van der Waals surface area (Å²) in [5.41, 5.74) is 5.70. The van der Waals surface area contributed by atoms with Crippen LogP contribution in [0, 0.1) is 0 Å². The van der Waals surface area contributed by atoms with Crippen molar-refractivity contribution in [2.24, 2.45) is 5.73 Å². The number of likely N-dealkylation sites (N-methyl/N-ethyl adjacent to an activating group) is 1. The van der Waals surface area contributed by atoms with Gasteiger partial charge in [-0.3, -0.25) is 4.79 Å². The van der Waals surface area contributed by atoms with Gasteiger partial charge in [0.05, 0.1) is 6.04 Å². The molecule has 2 unspecified atom stereocenters. The SMILES string of the molecule is CCN1CCC(N2CCC(N)C2=O)C1. The molecule has 2 atom stereocenters. The molecule has 4 nitrogen and oxygen atoms in total. The Hall–Kier alpha value is -0.610. The minimum atomic E-state index is -0.231. The van der Waals surface area contributed by atoms with Gasteiger partial charge in [-0.1, -0.05) is 6.92 Å². The number of rotatable bonds is 2. The highest BCUT2D eigenvalue weighted by Crippen LogP contribution is 2.20. The Labute approximate surface area is 85.0 Å². The molecule has 0 radical (unpaired) electrons. The summed E-state index contributed by atoms with van der Waals surface area (Å²) in [7, 11) is 0. The smallest absolute Gasteiger partial charge is 0.239 e. The van der Waals surface area contributed by atoms with Gasteiger partial charge in [0.25, 0.3) is 0 Å². The molecule has 0 spiro atoms. The van der Waals surface area contributed by atoms with E-state index in [1.807, 2.05) is 4.90 Å². The molecule has 2 aliphatic rings. The van der Waals surface area contributed by atoms with Gasteiger partial charge in [0.15, 0.2) is 0 Å². The molecule has 0 aromatic rings. The molecule has 2 N–H and O–H groups in total. The van der Waals surface area contributed by atoms with E-state index >= 15 is 0 Å². The Bertz CT molecular complexity index is 231. The van der Waals surface area contributed by atoms with E-state index in [9.17, 15) is 4.79 Å². The van der Waals surface area contributed by atoms with E-state index in [4.69, 9.17) is 5.73 Å². The van der Waals surface area contributed by atoms with Crippen LogP contribution in [0.2, 0.25) is 0 Å². The average Bonchev–Trinajstić information content (AvgIpc) is 2.75. The third-order valence-electron chi connectivity index (χ3n) is 3.42. The minimum Gasteiger partial charge on any atom is -0.337 e. The lowest BCUT2D eigenvalue weighted by Crippen LogP contribution is -2.42. The zero-order valence-electron chi connectivity index (χ0n) is 8.78. The van der Waals surface area contributed by atoms with Crippen molar-refractivity contribution in [3.63, 3.8) is 0 Å². The second kappa shape index (κ2) is 3.87. The first-order chi connectivity index (χ1) is 6.72. The molecule has 1 amide bonds. The highest BCUT2D eigenvalue weighted by atomic mass is 16.2. The molecule has 2 rings (SSSR count). The topological polar surface area (TPSA) is 49.6 Å². The summed E-state index contributed by atoms with van der Waals surface area (Å²) in [4.78, 5) is 16.0. The number of nitrogens with two attached hydrogens (primary N) is 1. The lowest BCUT2D eigenvalue weighted by Gasteiger charge is -2.24. The Morgan fingerprint density at radius 2 is 2.21 bits per heavy atom. The standard InChI is InChI=1S/C10H19N3O/c1-2-12-5-3-8(7-12)13-6-4-9(11)10(13)14/h8-9H,2-7,11H2,1H3. The van der Waals surface area contributed by atoms with Crippen LogP contribution in [0.3, 0.4) is 0 Å². The predicted octanol–water partition coefficient (Wildman–Crippen LogP) is -0.360. The Kier molecular flexibility index (Phi) is 2.74. The first kappa shape index (κ1) is 9.93. The van der Waals surface area contributed by atoms with Crippen molar-refractivity contribution < 1.29 is 4.79 Å². The van der Waals surface area contributed by atoms with Gasteiger partial charge < -0.3 is 15.5 Å². The molecule has 14 heavy (non-hydrogen) atoms. The Morgan fingerprint density at radius 1 is 1.43 bits per heavy atom. The van der Waals surface area contributed by atoms with E-state index in [0.717, 1.165) is 39.0 Å². The summed E-state index contributed by atoms with van der Waals surface area (Å²) < 4.78 is 0. The monoisotopic (exact) mass is 197 g/mol. The molecule has 0 aromatic heterocycles. The molecule has 2 fully saturated rings. The summed E-state index contributed by atoms with van der Waals surface area (Å²) in [5.74, 6) is 0.160. The molecular formula is C10H19N3O. The van der Waals surface area contributed by atoms with E-state index in [2.05, 4.69) is 11.8 Å². The maximum Gasteiger partial charge on any atom is 0.239 e. The summed E-state index contributed by atoms with van der Waals surface area (Å²) in [6.07, 6.45) is 1.95. The zero-order valence-corrected chi connectivity index (χ0v) is 8.78. The van der Waals surface area contributed by atoms with Crippen LogP contribution in [0.5, 0.6) is 0 Å². The van der Waals surface area contributed by atoms with Crippen LogP contribution in [-0.2, 0) is 4.79 Å². The number of carbonyl (C=O) groups is 1. The largest absolute Gasteiger partial charge is 0.337 e. The summed E-state index contributed by atoms with van der Waals surface area (Å²) in [5, 5.41) is 0. The second-order valence-electron chi connectivity index (χ2n) is 4.26. The fourth-order valence-corrected chi connectivity index (χ4v) is 2.44. The molecular weight excluding hydrogens is 178 g/mol. The minimum absolute atomic E-state index is 0.160. The highest BCUT2D eigenvalue weighted by molar-refractivity contribution is 5.84. The molecule has 0 saturated carbocycles. The molecule has 4 heteroatoms. The van der Waals surface area contributed by atoms with Crippen molar-refractivity contribution >= 4 is 5.91 Å². The van der Waals surface area contributed by atoms with Gasteiger partial charge in [0.2, 0.25) is 5.91 Å². The summed E-state index contributed by atoms with van der Waals surface area (Å²) in [6, 6.07) is 0.196. The summed E-state index contributed by atoms with van der Waals surface area (Å²) in [6.45, 7) is 6.28. The number of nitrogens with zero attached hydrogens (tertiary/aromatic N) is 2. The number of likely N-dealkylation sites (tertiary alicyclic amines) is 2. The normalized spacial score (nSPS) is 34.4. The van der Waals surface area contributed by atoms with Gasteiger partial charge >= 0.3 is 0 Å². The predicted molar refractivity (Wildman–Crippen MR) is 54.8 cm³/mol. The maximum atomic E-state index is 11.7. The molecule has 0 aliphatic carbocycles. The van der Waals surface area contributed by atoms with E-state index in [1.165, 1.54) is 0 Å². The van der Waals surface area contributed by atoms with E-state index in [1.54, 1.807) is 0 Å². The third kappa shape index (κ3) is 1.64. The first-order valence-corrected chi connectivity index (χ1v) is 5.50. The van der Waals surface area contributed by atoms with Gasteiger partial charge in [-0.15, -0.1) is 0 Å². The number of hydrogen-bond donors (Lipinski definition) is 1. The van der Waals surface area contributed by atoms with Crippen molar-refractivity contribution in [2.45, 2.75) is 31.8 Å². The van der Waals surface area contributed by atoms with Crippen LogP contribution in [0.15, 0.2) is 0 Å². The molecule has 0 bridgehead atoms. The van der Waals surface area contributed by atoms with Crippen molar-refractivity contribution in [1.29, 1.82) is 0 Å². The maximum absolute atomic E-state index is 11.7. The second-order valence-corrected chi connectivity index (χ2v) is 4.26. The average molecular weight is 197 g/mol. The Balaban J connectivity index is 1.94. The fraction of sp³-hybridized carbons (Fsp3) is 0.900. The number of hydrogen-bond acceptors (Lipinski definition) is 3. The zero-order chi connectivity index (χ0) is 10.1. The molecule has 2 saturated heterocycles. The molecule has 2 heterocycles. The van der Waals surface area contributed by atoms with E-state index in [0.29, 0.717) is 6.04 Å². The highest BCUT2D eigenvalue weighted by Gasteiger charge is 2.36. The molecule has 0 aromatic carbocycles. The molecule has 2 aliphatic heterocycles. The Morgan fingerprint density at radius 3 is 2.71 bits per heavy atom. The van der Waals surface area contributed by atoms with E-state index in [-0.39, 0.29) is 11.9 Å². The lowest BCUT2D eigenvalue weighted by molar-refractivity contribution is -0.130. The molecule has 80 valence electrons. The van der Waals surface area contributed by atoms with Gasteiger partial charge in [-0.05, 0) is 19.4 Å². The third-order valence-corrected chi connectivity index (χ3v) is 3.42. The summed E-state index contributed by atoms with van der Waals surface area (Å²) >= 11 is 0. The van der Waals surface area contributed by atoms with E-state index < -0.39 is 0 Å². The van der Waals surface area contributed by atoms with Crippen molar-refractivity contribution in [3.05, 3.63) is 0 Å². The van der Waals surface area contributed by atoms with Crippen LogP contribution in [0.25, 0.3) is 0 Å². The van der Waals surface area contributed by atoms with Crippen LogP contribution < -0.4 is 5.73 Å². The van der Waals surface area contributed by atoms with Crippen molar-refractivity contribution in [1.82, 2.24) is 9.80 Å².